The van der Waals surface area contributed by atoms with Gasteiger partial charge in [-0.3, -0.25) is 9.59 Å². The summed E-state index contributed by atoms with van der Waals surface area (Å²) in [5, 5.41) is 4.95. The standard InChI is InChI=1S/C25H16ClN3O2S/c26-19-11-13-21(14-12-19)29-24(30)22(32-25(29)31)15-18-16-28(20-9-5-2-6-10-20)27-23(18)17-7-3-1-4-8-17/h1-16H/b22-15-. The van der Waals surface area contributed by atoms with E-state index in [1.807, 2.05) is 66.9 Å². The third kappa shape index (κ3) is 3.86. The van der Waals surface area contributed by atoms with E-state index in [1.54, 1.807) is 35.0 Å². The Kier molecular flexibility index (Phi) is 5.39. The lowest BCUT2D eigenvalue weighted by Gasteiger charge is -2.12. The summed E-state index contributed by atoms with van der Waals surface area (Å²) in [6.45, 7) is 0. The lowest BCUT2D eigenvalue weighted by atomic mass is 10.1. The number of carbonyl (C=O) groups is 2. The van der Waals surface area contributed by atoms with Gasteiger partial charge >= 0.3 is 0 Å². The van der Waals surface area contributed by atoms with Crippen LogP contribution in [0.5, 0.6) is 0 Å². The SMILES string of the molecule is O=C1S/C(=C\c2cn(-c3ccccc3)nc2-c2ccccc2)C(=O)N1c1ccc(Cl)cc1. The van der Waals surface area contributed by atoms with Crippen molar-refractivity contribution in [1.29, 1.82) is 0 Å². The molecule has 7 heteroatoms. The summed E-state index contributed by atoms with van der Waals surface area (Å²) in [5.41, 5.74) is 3.79. The van der Waals surface area contributed by atoms with Gasteiger partial charge in [-0.25, -0.2) is 9.58 Å². The monoisotopic (exact) mass is 457 g/mol. The quantitative estimate of drug-likeness (QED) is 0.331. The van der Waals surface area contributed by atoms with Crippen molar-refractivity contribution in [2.45, 2.75) is 0 Å². The number of thioether (sulfide) groups is 1. The summed E-state index contributed by atoms with van der Waals surface area (Å²) in [4.78, 5) is 27.2. The van der Waals surface area contributed by atoms with Gasteiger partial charge in [-0.1, -0.05) is 60.1 Å². The average molecular weight is 458 g/mol. The molecule has 1 saturated heterocycles. The highest BCUT2D eigenvalue weighted by molar-refractivity contribution is 8.19. The van der Waals surface area contributed by atoms with Crippen LogP contribution in [-0.2, 0) is 4.79 Å². The molecule has 2 heterocycles. The van der Waals surface area contributed by atoms with Gasteiger partial charge in [0.15, 0.2) is 0 Å². The van der Waals surface area contributed by atoms with Crippen LogP contribution in [-0.4, -0.2) is 20.9 Å². The Hall–Kier alpha value is -3.61. The van der Waals surface area contributed by atoms with E-state index < -0.39 is 0 Å². The molecule has 5 nitrogen and oxygen atoms in total. The topological polar surface area (TPSA) is 55.2 Å². The summed E-state index contributed by atoms with van der Waals surface area (Å²) < 4.78 is 1.78. The average Bonchev–Trinajstić information content (AvgIpc) is 3.36. The summed E-state index contributed by atoms with van der Waals surface area (Å²) in [6, 6.07) is 26.1. The Balaban J connectivity index is 1.57. The van der Waals surface area contributed by atoms with Crippen LogP contribution in [0.1, 0.15) is 5.56 Å². The fourth-order valence-corrected chi connectivity index (χ4v) is 4.41. The van der Waals surface area contributed by atoms with Crippen LogP contribution < -0.4 is 4.90 Å². The molecule has 0 unspecified atom stereocenters. The van der Waals surface area contributed by atoms with Gasteiger partial charge in [0, 0.05) is 22.3 Å². The van der Waals surface area contributed by atoms with Gasteiger partial charge in [0.2, 0.25) is 0 Å². The largest absolute Gasteiger partial charge is 0.298 e. The molecule has 0 saturated carbocycles. The Bertz CT molecular complexity index is 1330. The molecule has 1 fully saturated rings. The molecule has 0 N–H and O–H groups in total. The minimum absolute atomic E-state index is 0.342. The van der Waals surface area contributed by atoms with E-state index in [0.717, 1.165) is 39.2 Å². The van der Waals surface area contributed by atoms with Crippen molar-refractivity contribution in [3.8, 4) is 16.9 Å². The molecule has 0 aliphatic carbocycles. The number of nitrogens with zero attached hydrogens (tertiary/aromatic N) is 3. The van der Waals surface area contributed by atoms with Gasteiger partial charge in [-0.15, -0.1) is 0 Å². The fourth-order valence-electron chi connectivity index (χ4n) is 3.45. The molecule has 2 amide bonds. The fraction of sp³-hybridized carbons (Fsp3) is 0. The number of rotatable bonds is 4. The van der Waals surface area contributed by atoms with Crippen molar-refractivity contribution in [2.24, 2.45) is 0 Å². The maximum Gasteiger partial charge on any atom is 0.298 e. The number of benzene rings is 3. The Morgan fingerprint density at radius 3 is 2.16 bits per heavy atom. The van der Waals surface area contributed by atoms with Crippen LogP contribution in [0, 0.1) is 0 Å². The highest BCUT2D eigenvalue weighted by Crippen LogP contribution is 2.37. The third-order valence-corrected chi connectivity index (χ3v) is 6.10. The molecule has 4 aromatic rings. The Labute approximate surface area is 193 Å². The summed E-state index contributed by atoms with van der Waals surface area (Å²) in [5.74, 6) is -0.367. The van der Waals surface area contributed by atoms with Crippen LogP contribution in [0.25, 0.3) is 23.0 Å². The normalized spacial score (nSPS) is 15.0. The molecule has 0 spiro atoms. The van der Waals surface area contributed by atoms with Crippen molar-refractivity contribution in [2.75, 3.05) is 4.90 Å². The summed E-state index contributed by atoms with van der Waals surface area (Å²) in [7, 11) is 0. The zero-order valence-electron chi connectivity index (χ0n) is 16.7. The van der Waals surface area contributed by atoms with Crippen molar-refractivity contribution in [3.63, 3.8) is 0 Å². The molecular formula is C25H16ClN3O2S. The second kappa shape index (κ2) is 8.49. The molecule has 3 aromatic carbocycles. The van der Waals surface area contributed by atoms with E-state index in [0.29, 0.717) is 15.6 Å². The highest BCUT2D eigenvalue weighted by Gasteiger charge is 2.36. The lowest BCUT2D eigenvalue weighted by molar-refractivity contribution is -0.113. The first kappa shape index (κ1) is 20.3. The van der Waals surface area contributed by atoms with Crippen LogP contribution in [0.3, 0.4) is 0 Å². The number of imide groups is 1. The van der Waals surface area contributed by atoms with Gasteiger partial charge in [-0.2, -0.15) is 5.10 Å². The molecule has 1 aromatic heterocycles. The molecule has 1 aliphatic heterocycles. The number of amides is 2. The molecule has 1 aliphatic rings. The van der Waals surface area contributed by atoms with E-state index in [2.05, 4.69) is 0 Å². The first-order valence-electron chi connectivity index (χ1n) is 9.84. The number of halogens is 1. The Morgan fingerprint density at radius 1 is 0.812 bits per heavy atom. The molecule has 0 atom stereocenters. The zero-order valence-corrected chi connectivity index (χ0v) is 18.3. The van der Waals surface area contributed by atoms with E-state index in [9.17, 15) is 9.59 Å². The van der Waals surface area contributed by atoms with Crippen molar-refractivity contribution >= 4 is 46.3 Å². The molecule has 32 heavy (non-hydrogen) atoms. The van der Waals surface area contributed by atoms with Gasteiger partial charge in [-0.05, 0) is 54.2 Å². The van der Waals surface area contributed by atoms with Crippen LogP contribution in [0.2, 0.25) is 5.02 Å². The second-order valence-corrected chi connectivity index (χ2v) is 8.50. The number of aromatic nitrogens is 2. The smallest absolute Gasteiger partial charge is 0.268 e. The molecule has 0 radical (unpaired) electrons. The van der Waals surface area contributed by atoms with Crippen LogP contribution in [0.15, 0.2) is 96.0 Å². The van der Waals surface area contributed by atoms with Gasteiger partial charge in [0.05, 0.1) is 22.0 Å². The second-order valence-electron chi connectivity index (χ2n) is 7.07. The first-order valence-corrected chi connectivity index (χ1v) is 11.0. The number of anilines is 1. The molecular weight excluding hydrogens is 442 g/mol. The zero-order chi connectivity index (χ0) is 22.1. The van der Waals surface area contributed by atoms with Crippen LogP contribution >= 0.6 is 23.4 Å². The van der Waals surface area contributed by atoms with Gasteiger partial charge in [0.1, 0.15) is 0 Å². The first-order chi connectivity index (χ1) is 15.6. The van der Waals surface area contributed by atoms with E-state index in [4.69, 9.17) is 16.7 Å². The van der Waals surface area contributed by atoms with E-state index in [1.165, 1.54) is 0 Å². The number of carbonyl (C=O) groups excluding carboxylic acids is 2. The van der Waals surface area contributed by atoms with Crippen molar-refractivity contribution in [3.05, 3.63) is 107 Å². The number of hydrogen-bond acceptors (Lipinski definition) is 4. The Morgan fingerprint density at radius 2 is 1.47 bits per heavy atom. The predicted octanol–water partition coefficient (Wildman–Crippen LogP) is 6.43. The number of hydrogen-bond donors (Lipinski definition) is 0. The van der Waals surface area contributed by atoms with Crippen molar-refractivity contribution < 1.29 is 9.59 Å². The van der Waals surface area contributed by atoms with E-state index >= 15 is 0 Å². The summed E-state index contributed by atoms with van der Waals surface area (Å²) >= 11 is 6.85. The molecule has 156 valence electrons. The minimum Gasteiger partial charge on any atom is -0.268 e. The van der Waals surface area contributed by atoms with Gasteiger partial charge < -0.3 is 0 Å². The molecule has 5 rings (SSSR count). The molecule has 0 bridgehead atoms. The number of para-hydroxylation sites is 1. The highest BCUT2D eigenvalue weighted by atomic mass is 35.5. The maximum absolute atomic E-state index is 13.1. The van der Waals surface area contributed by atoms with Gasteiger partial charge in [0.25, 0.3) is 11.1 Å². The third-order valence-electron chi connectivity index (χ3n) is 4.98. The van der Waals surface area contributed by atoms with E-state index in [-0.39, 0.29) is 11.1 Å². The minimum atomic E-state index is -0.367. The lowest BCUT2D eigenvalue weighted by Crippen LogP contribution is -2.27. The predicted molar refractivity (Wildman–Crippen MR) is 129 cm³/mol. The summed E-state index contributed by atoms with van der Waals surface area (Å²) in [6.07, 6.45) is 3.60. The maximum atomic E-state index is 13.1. The van der Waals surface area contributed by atoms with Crippen LogP contribution in [0.4, 0.5) is 10.5 Å². The van der Waals surface area contributed by atoms with Crippen molar-refractivity contribution in [1.82, 2.24) is 9.78 Å².